The molecule has 0 bridgehead atoms. The van der Waals surface area contributed by atoms with Gasteiger partial charge in [-0.1, -0.05) is 36.8 Å². The average Bonchev–Trinajstić information content (AvgIpc) is 2.72. The van der Waals surface area contributed by atoms with Gasteiger partial charge < -0.3 is 10.6 Å². The fraction of sp³-hybridized carbons (Fsp3) is 0.471. The molecule has 0 unspecified atom stereocenters. The van der Waals surface area contributed by atoms with E-state index in [0.717, 1.165) is 16.9 Å². The van der Waals surface area contributed by atoms with Gasteiger partial charge in [-0.15, -0.1) is 0 Å². The van der Waals surface area contributed by atoms with Gasteiger partial charge in [0.1, 0.15) is 12.1 Å². The molecule has 2 N–H and O–H groups in total. The zero-order chi connectivity index (χ0) is 17.2. The first-order chi connectivity index (χ1) is 10.8. The molecule has 6 nitrogen and oxygen atoms in total. The summed E-state index contributed by atoms with van der Waals surface area (Å²) in [4.78, 5) is 37.8. The number of benzene rings is 1. The zero-order valence-electron chi connectivity index (χ0n) is 14.0. The predicted octanol–water partition coefficient (Wildman–Crippen LogP) is 1.68. The Bertz CT molecular complexity index is 626. The molecule has 23 heavy (non-hydrogen) atoms. The minimum atomic E-state index is -1.14. The van der Waals surface area contributed by atoms with Crippen LogP contribution in [0.1, 0.15) is 38.3 Å². The Morgan fingerprint density at radius 1 is 1.30 bits per heavy atom. The van der Waals surface area contributed by atoms with Crippen LogP contribution in [0.5, 0.6) is 0 Å². The smallest absolute Gasteiger partial charge is 0.325 e. The summed E-state index contributed by atoms with van der Waals surface area (Å²) >= 11 is 0. The lowest BCUT2D eigenvalue weighted by Gasteiger charge is -2.22. The maximum Gasteiger partial charge on any atom is 0.325 e. The molecule has 1 fully saturated rings. The fourth-order valence-electron chi connectivity index (χ4n) is 2.49. The molecule has 4 amide bonds. The SMILES string of the molecule is CC[C@H](C)NC(=O)CN1C(=O)N[C@](C)(c2ccc(C)cc2)C1=O. The number of carbonyl (C=O) groups is 3. The first-order valence-electron chi connectivity index (χ1n) is 7.78. The second-order valence-electron chi connectivity index (χ2n) is 6.19. The molecule has 1 aromatic carbocycles. The van der Waals surface area contributed by atoms with Crippen LogP contribution in [0.25, 0.3) is 0 Å². The lowest BCUT2D eigenvalue weighted by molar-refractivity contribution is -0.135. The standard InChI is InChI=1S/C17H23N3O3/c1-5-12(3)18-14(21)10-20-15(22)17(4,19-16(20)23)13-8-6-11(2)7-9-13/h6-9,12H,5,10H2,1-4H3,(H,18,21)(H,19,23)/t12-,17+/m0/s1. The summed E-state index contributed by atoms with van der Waals surface area (Å²) < 4.78 is 0. The van der Waals surface area contributed by atoms with Crippen molar-refractivity contribution in [1.29, 1.82) is 0 Å². The third-order valence-electron chi connectivity index (χ3n) is 4.23. The van der Waals surface area contributed by atoms with E-state index in [-0.39, 0.29) is 18.5 Å². The van der Waals surface area contributed by atoms with Crippen molar-refractivity contribution in [3.8, 4) is 0 Å². The van der Waals surface area contributed by atoms with E-state index in [4.69, 9.17) is 0 Å². The number of nitrogens with zero attached hydrogens (tertiary/aromatic N) is 1. The number of urea groups is 1. The van der Waals surface area contributed by atoms with Gasteiger partial charge in [0, 0.05) is 6.04 Å². The molecule has 0 saturated carbocycles. The summed E-state index contributed by atoms with van der Waals surface area (Å²) in [5, 5.41) is 5.46. The molecular formula is C17H23N3O3. The zero-order valence-corrected chi connectivity index (χ0v) is 14.0. The van der Waals surface area contributed by atoms with Crippen LogP contribution in [0.2, 0.25) is 0 Å². The van der Waals surface area contributed by atoms with Crippen molar-refractivity contribution in [2.24, 2.45) is 0 Å². The molecule has 1 saturated heterocycles. The summed E-state index contributed by atoms with van der Waals surface area (Å²) in [6.07, 6.45) is 0.785. The van der Waals surface area contributed by atoms with Gasteiger partial charge in [-0.3, -0.25) is 14.5 Å². The molecule has 0 aromatic heterocycles. The number of rotatable bonds is 5. The van der Waals surface area contributed by atoms with Crippen molar-refractivity contribution in [2.45, 2.75) is 45.7 Å². The van der Waals surface area contributed by atoms with Gasteiger partial charge in [-0.2, -0.15) is 0 Å². The predicted molar refractivity (Wildman–Crippen MR) is 86.7 cm³/mol. The molecule has 0 spiro atoms. The second-order valence-corrected chi connectivity index (χ2v) is 6.19. The van der Waals surface area contributed by atoms with Crippen molar-refractivity contribution in [3.63, 3.8) is 0 Å². The van der Waals surface area contributed by atoms with Gasteiger partial charge in [-0.25, -0.2) is 4.79 Å². The Hall–Kier alpha value is -2.37. The Morgan fingerprint density at radius 2 is 1.91 bits per heavy atom. The van der Waals surface area contributed by atoms with Crippen LogP contribution in [0.4, 0.5) is 4.79 Å². The molecule has 1 aromatic rings. The van der Waals surface area contributed by atoms with Crippen LogP contribution >= 0.6 is 0 Å². The minimum Gasteiger partial charge on any atom is -0.352 e. The molecule has 1 aliphatic heterocycles. The number of nitrogens with one attached hydrogen (secondary N) is 2. The fourth-order valence-corrected chi connectivity index (χ4v) is 2.49. The molecule has 0 aliphatic carbocycles. The van der Waals surface area contributed by atoms with Crippen LogP contribution < -0.4 is 10.6 Å². The first-order valence-corrected chi connectivity index (χ1v) is 7.78. The quantitative estimate of drug-likeness (QED) is 0.811. The Morgan fingerprint density at radius 3 is 2.48 bits per heavy atom. The van der Waals surface area contributed by atoms with Gasteiger partial charge in [0.05, 0.1) is 0 Å². The number of aryl methyl sites for hydroxylation is 1. The topological polar surface area (TPSA) is 78.5 Å². The van der Waals surface area contributed by atoms with Crippen LogP contribution in [-0.2, 0) is 15.1 Å². The summed E-state index contributed by atoms with van der Waals surface area (Å²) in [6.45, 7) is 7.17. The number of imide groups is 1. The van der Waals surface area contributed by atoms with Crippen LogP contribution in [0.15, 0.2) is 24.3 Å². The van der Waals surface area contributed by atoms with E-state index in [9.17, 15) is 14.4 Å². The number of hydrogen-bond acceptors (Lipinski definition) is 3. The van der Waals surface area contributed by atoms with Crippen LogP contribution in [0, 0.1) is 6.92 Å². The summed E-state index contributed by atoms with van der Waals surface area (Å²) in [7, 11) is 0. The Labute approximate surface area is 136 Å². The molecule has 6 heteroatoms. The van der Waals surface area contributed by atoms with Crippen LogP contribution in [-0.4, -0.2) is 35.3 Å². The molecule has 0 radical (unpaired) electrons. The van der Waals surface area contributed by atoms with Crippen molar-refractivity contribution in [2.75, 3.05) is 6.54 Å². The van der Waals surface area contributed by atoms with Crippen molar-refractivity contribution < 1.29 is 14.4 Å². The van der Waals surface area contributed by atoms with Gasteiger partial charge in [0.25, 0.3) is 5.91 Å². The lowest BCUT2D eigenvalue weighted by atomic mass is 9.91. The van der Waals surface area contributed by atoms with Crippen molar-refractivity contribution in [3.05, 3.63) is 35.4 Å². The summed E-state index contributed by atoms with van der Waals surface area (Å²) in [5.74, 6) is -0.748. The Balaban J connectivity index is 2.16. The van der Waals surface area contributed by atoms with E-state index in [1.165, 1.54) is 0 Å². The molecule has 1 aliphatic rings. The van der Waals surface area contributed by atoms with E-state index < -0.39 is 17.5 Å². The molecule has 124 valence electrons. The van der Waals surface area contributed by atoms with E-state index in [0.29, 0.717) is 5.56 Å². The van der Waals surface area contributed by atoms with E-state index in [1.54, 1.807) is 6.92 Å². The number of hydrogen-bond donors (Lipinski definition) is 2. The van der Waals surface area contributed by atoms with Gasteiger partial charge in [0.2, 0.25) is 5.91 Å². The first kappa shape index (κ1) is 17.0. The van der Waals surface area contributed by atoms with E-state index in [1.807, 2.05) is 45.0 Å². The maximum atomic E-state index is 12.7. The lowest BCUT2D eigenvalue weighted by Crippen LogP contribution is -2.44. The highest BCUT2D eigenvalue weighted by Gasteiger charge is 2.49. The van der Waals surface area contributed by atoms with E-state index in [2.05, 4.69) is 10.6 Å². The van der Waals surface area contributed by atoms with Crippen molar-refractivity contribution in [1.82, 2.24) is 15.5 Å². The highest BCUT2D eigenvalue weighted by molar-refractivity contribution is 6.09. The summed E-state index contributed by atoms with van der Waals surface area (Å²) in [5.41, 5.74) is 0.631. The third-order valence-corrected chi connectivity index (χ3v) is 4.23. The molecule has 2 rings (SSSR count). The van der Waals surface area contributed by atoms with E-state index >= 15 is 0 Å². The van der Waals surface area contributed by atoms with Gasteiger partial charge in [-0.05, 0) is 32.8 Å². The van der Waals surface area contributed by atoms with Crippen LogP contribution in [0.3, 0.4) is 0 Å². The average molecular weight is 317 g/mol. The number of amides is 4. The highest BCUT2D eigenvalue weighted by Crippen LogP contribution is 2.28. The van der Waals surface area contributed by atoms with Crippen molar-refractivity contribution >= 4 is 17.8 Å². The Kier molecular flexibility index (Phi) is 4.73. The van der Waals surface area contributed by atoms with Gasteiger partial charge >= 0.3 is 6.03 Å². The minimum absolute atomic E-state index is 0.00625. The normalized spacial score (nSPS) is 22.0. The molecule has 2 atom stereocenters. The third kappa shape index (κ3) is 3.36. The maximum absolute atomic E-state index is 12.7. The second kappa shape index (κ2) is 6.40. The summed E-state index contributed by atoms with van der Waals surface area (Å²) in [6, 6.07) is 6.87. The highest BCUT2D eigenvalue weighted by atomic mass is 16.2. The largest absolute Gasteiger partial charge is 0.352 e. The molecular weight excluding hydrogens is 294 g/mol. The monoisotopic (exact) mass is 317 g/mol. The number of carbonyl (C=O) groups excluding carboxylic acids is 3. The van der Waals surface area contributed by atoms with Gasteiger partial charge in [0.15, 0.2) is 0 Å². The molecule has 1 heterocycles.